The van der Waals surface area contributed by atoms with Crippen molar-refractivity contribution >= 4 is 11.7 Å². The molecule has 4 aromatic rings. The van der Waals surface area contributed by atoms with Crippen LogP contribution in [-0.2, 0) is 13.1 Å². The Morgan fingerprint density at radius 1 is 1.19 bits per heavy atom. The van der Waals surface area contributed by atoms with Crippen molar-refractivity contribution in [3.63, 3.8) is 0 Å². The van der Waals surface area contributed by atoms with Crippen LogP contribution in [0.4, 0.5) is 5.82 Å². The number of ether oxygens (including phenoxy) is 1. The Bertz CT molecular complexity index is 1230. The minimum absolute atomic E-state index is 0.193. The number of carbonyl (C=O) groups excluding carboxylic acids is 1. The van der Waals surface area contributed by atoms with Crippen molar-refractivity contribution in [2.75, 3.05) is 19.0 Å². The molecule has 1 amide bonds. The van der Waals surface area contributed by atoms with Gasteiger partial charge in [-0.25, -0.2) is 14.6 Å². The van der Waals surface area contributed by atoms with Gasteiger partial charge in [-0.1, -0.05) is 12.1 Å². The summed E-state index contributed by atoms with van der Waals surface area (Å²) < 4.78 is 8.81. The number of fused-ring (bicyclic) bond motifs is 1. The second kappa shape index (κ2) is 7.95. The van der Waals surface area contributed by atoms with Gasteiger partial charge in [0, 0.05) is 25.5 Å². The summed E-state index contributed by atoms with van der Waals surface area (Å²) >= 11 is 0. The van der Waals surface area contributed by atoms with Crippen molar-refractivity contribution in [3.8, 4) is 23.2 Å². The van der Waals surface area contributed by atoms with Gasteiger partial charge < -0.3 is 19.9 Å². The van der Waals surface area contributed by atoms with E-state index in [9.17, 15) is 4.79 Å². The van der Waals surface area contributed by atoms with Crippen molar-refractivity contribution in [2.24, 2.45) is 0 Å². The molecular weight excluding hydrogens is 398 g/mol. The third kappa shape index (κ3) is 3.62. The molecule has 1 aliphatic heterocycles. The molecule has 0 atom stereocenters. The summed E-state index contributed by atoms with van der Waals surface area (Å²) in [6.45, 7) is 2.28. The fourth-order valence-electron chi connectivity index (χ4n) is 3.37. The SMILES string of the molecule is COc1nn(-c2ccccn2)cc1C(=O)Nc1cccc(-c2nnc3n2CCNC3)n1. The zero-order valence-corrected chi connectivity index (χ0v) is 16.7. The molecule has 2 N–H and O–H groups in total. The van der Waals surface area contributed by atoms with Gasteiger partial charge in [0.05, 0.1) is 13.7 Å². The first-order valence-corrected chi connectivity index (χ1v) is 9.69. The van der Waals surface area contributed by atoms with Crippen LogP contribution in [0, 0.1) is 0 Å². The molecule has 0 aliphatic carbocycles. The van der Waals surface area contributed by atoms with Gasteiger partial charge >= 0.3 is 0 Å². The number of carbonyl (C=O) groups is 1. The number of nitrogens with one attached hydrogen (secondary N) is 2. The molecule has 0 fully saturated rings. The molecule has 0 saturated carbocycles. The van der Waals surface area contributed by atoms with Gasteiger partial charge in [0.25, 0.3) is 5.91 Å². The maximum absolute atomic E-state index is 12.9. The minimum atomic E-state index is -0.392. The van der Waals surface area contributed by atoms with Crippen LogP contribution in [0.25, 0.3) is 17.3 Å². The highest BCUT2D eigenvalue weighted by Gasteiger charge is 2.21. The van der Waals surface area contributed by atoms with Crippen molar-refractivity contribution < 1.29 is 9.53 Å². The number of hydrogen-bond acceptors (Lipinski definition) is 8. The lowest BCUT2D eigenvalue weighted by atomic mass is 10.3. The molecule has 1 aliphatic rings. The van der Waals surface area contributed by atoms with E-state index >= 15 is 0 Å². The van der Waals surface area contributed by atoms with Crippen LogP contribution in [0.3, 0.4) is 0 Å². The first kappa shape index (κ1) is 18.9. The van der Waals surface area contributed by atoms with Crippen LogP contribution in [0.5, 0.6) is 5.88 Å². The van der Waals surface area contributed by atoms with Gasteiger partial charge in [-0.3, -0.25) is 4.79 Å². The Kier molecular flexibility index (Phi) is 4.84. The Morgan fingerprint density at radius 2 is 2.13 bits per heavy atom. The number of amides is 1. The molecule has 31 heavy (non-hydrogen) atoms. The topological polar surface area (TPSA) is 125 Å². The average Bonchev–Trinajstić information content (AvgIpc) is 3.44. The molecule has 0 unspecified atom stereocenters. The normalized spacial score (nSPS) is 12.9. The maximum Gasteiger partial charge on any atom is 0.263 e. The molecule has 5 heterocycles. The number of anilines is 1. The van der Waals surface area contributed by atoms with Gasteiger partial charge in [0.2, 0.25) is 5.88 Å². The number of pyridine rings is 2. The molecule has 0 radical (unpaired) electrons. The van der Waals surface area contributed by atoms with Crippen LogP contribution >= 0.6 is 0 Å². The molecule has 5 rings (SSSR count). The van der Waals surface area contributed by atoms with Gasteiger partial charge in [0.15, 0.2) is 11.6 Å². The fourth-order valence-corrected chi connectivity index (χ4v) is 3.37. The Hall–Kier alpha value is -4.12. The quantitative estimate of drug-likeness (QED) is 0.498. The lowest BCUT2D eigenvalue weighted by Crippen LogP contribution is -2.28. The average molecular weight is 417 g/mol. The molecule has 0 aromatic carbocycles. The molecule has 156 valence electrons. The van der Waals surface area contributed by atoms with E-state index in [-0.39, 0.29) is 11.4 Å². The second-order valence-corrected chi connectivity index (χ2v) is 6.81. The molecule has 0 spiro atoms. The predicted octanol–water partition coefficient (Wildman–Crippen LogP) is 1.28. The van der Waals surface area contributed by atoms with E-state index in [1.54, 1.807) is 30.6 Å². The molecule has 11 heteroatoms. The molecule has 0 bridgehead atoms. The zero-order valence-electron chi connectivity index (χ0n) is 16.7. The van der Waals surface area contributed by atoms with Crippen LogP contribution in [0.2, 0.25) is 0 Å². The van der Waals surface area contributed by atoms with E-state index in [1.165, 1.54) is 11.8 Å². The third-order valence-electron chi connectivity index (χ3n) is 4.84. The largest absolute Gasteiger partial charge is 0.479 e. The van der Waals surface area contributed by atoms with E-state index in [1.807, 2.05) is 22.8 Å². The van der Waals surface area contributed by atoms with Crippen LogP contribution in [0.1, 0.15) is 16.2 Å². The van der Waals surface area contributed by atoms with Crippen LogP contribution in [-0.4, -0.2) is 54.1 Å². The summed E-state index contributed by atoms with van der Waals surface area (Å²) in [6, 6.07) is 10.8. The highest BCUT2D eigenvalue weighted by molar-refractivity contribution is 6.05. The fraction of sp³-hybridized carbons (Fsp3) is 0.200. The Balaban J connectivity index is 1.41. The van der Waals surface area contributed by atoms with E-state index in [0.29, 0.717) is 29.7 Å². The number of rotatable bonds is 5. The predicted molar refractivity (Wildman–Crippen MR) is 111 cm³/mol. The number of hydrogen-bond donors (Lipinski definition) is 2. The molecule has 4 aromatic heterocycles. The highest BCUT2D eigenvalue weighted by atomic mass is 16.5. The summed E-state index contributed by atoms with van der Waals surface area (Å²) in [5.41, 5.74) is 0.904. The van der Waals surface area contributed by atoms with Gasteiger partial charge in [-0.05, 0) is 24.3 Å². The molecule has 0 saturated heterocycles. The van der Waals surface area contributed by atoms with Gasteiger partial charge in [-0.15, -0.1) is 15.3 Å². The number of aromatic nitrogens is 7. The summed E-state index contributed by atoms with van der Waals surface area (Å²) in [5, 5.41) is 18.8. The smallest absolute Gasteiger partial charge is 0.263 e. The van der Waals surface area contributed by atoms with Crippen LogP contribution in [0.15, 0.2) is 48.8 Å². The van der Waals surface area contributed by atoms with Crippen LogP contribution < -0.4 is 15.4 Å². The standard InChI is InChI=1S/C20H19N9O2/c1-31-20-13(12-29(27-20)16-7-2-3-8-22-16)19(30)24-15-6-4-5-14(23-15)18-26-25-17-11-21-9-10-28(17)18/h2-8,12,21H,9-11H2,1H3,(H,23,24,30). The van der Waals surface area contributed by atoms with E-state index in [2.05, 4.69) is 35.9 Å². The Morgan fingerprint density at radius 3 is 2.97 bits per heavy atom. The monoisotopic (exact) mass is 417 g/mol. The summed E-state index contributed by atoms with van der Waals surface area (Å²) in [7, 11) is 1.46. The first-order chi connectivity index (χ1) is 15.2. The van der Waals surface area contributed by atoms with E-state index < -0.39 is 5.91 Å². The minimum Gasteiger partial charge on any atom is -0.479 e. The lowest BCUT2D eigenvalue weighted by Gasteiger charge is -2.15. The summed E-state index contributed by atoms with van der Waals surface area (Å²) in [4.78, 5) is 21.7. The van der Waals surface area contributed by atoms with Gasteiger partial charge in [0.1, 0.15) is 22.9 Å². The summed E-state index contributed by atoms with van der Waals surface area (Å²) in [5.74, 6) is 2.30. The maximum atomic E-state index is 12.9. The van der Waals surface area contributed by atoms with Gasteiger partial charge in [-0.2, -0.15) is 0 Å². The number of methoxy groups -OCH3 is 1. The van der Waals surface area contributed by atoms with E-state index in [4.69, 9.17) is 4.74 Å². The van der Waals surface area contributed by atoms with Crippen molar-refractivity contribution in [1.29, 1.82) is 0 Å². The van der Waals surface area contributed by atoms with E-state index in [0.717, 1.165) is 18.9 Å². The third-order valence-corrected chi connectivity index (χ3v) is 4.84. The summed E-state index contributed by atoms with van der Waals surface area (Å²) in [6.07, 6.45) is 3.22. The lowest BCUT2D eigenvalue weighted by molar-refractivity contribution is 0.102. The highest BCUT2D eigenvalue weighted by Crippen LogP contribution is 2.22. The van der Waals surface area contributed by atoms with Crippen molar-refractivity contribution in [1.82, 2.24) is 39.8 Å². The van der Waals surface area contributed by atoms with Crippen molar-refractivity contribution in [3.05, 3.63) is 60.2 Å². The molecular formula is C20H19N9O2. The number of nitrogens with zero attached hydrogens (tertiary/aromatic N) is 7. The van der Waals surface area contributed by atoms with Crippen molar-refractivity contribution in [2.45, 2.75) is 13.1 Å². The molecule has 11 nitrogen and oxygen atoms in total. The second-order valence-electron chi connectivity index (χ2n) is 6.81. The zero-order chi connectivity index (χ0) is 21.2. The Labute approximate surface area is 177 Å². The first-order valence-electron chi connectivity index (χ1n) is 9.69.